The summed E-state index contributed by atoms with van der Waals surface area (Å²) >= 11 is 0. The lowest BCUT2D eigenvalue weighted by atomic mass is 9.79. The maximum Gasteiger partial charge on any atom is 0.246 e. The molecule has 0 unspecified atom stereocenters. The van der Waals surface area contributed by atoms with E-state index in [2.05, 4.69) is 5.32 Å². The van der Waals surface area contributed by atoms with Crippen LogP contribution in [0.2, 0.25) is 0 Å². The van der Waals surface area contributed by atoms with Crippen LogP contribution in [-0.4, -0.2) is 17.6 Å². The van der Waals surface area contributed by atoms with Crippen LogP contribution in [0, 0.1) is 5.92 Å². The molecule has 1 aromatic carbocycles. The Morgan fingerprint density at radius 2 is 2.06 bits per heavy atom. The topological polar surface area (TPSA) is 49.3 Å². The van der Waals surface area contributed by atoms with Gasteiger partial charge in [-0.25, -0.2) is 0 Å². The Morgan fingerprint density at radius 3 is 2.59 bits per heavy atom. The number of rotatable bonds is 5. The lowest BCUT2D eigenvalue weighted by Gasteiger charge is -2.30. The van der Waals surface area contributed by atoms with Crippen molar-refractivity contribution in [3.8, 4) is 0 Å². The first-order valence-electron chi connectivity index (χ1n) is 6.24. The van der Waals surface area contributed by atoms with Gasteiger partial charge in [0.25, 0.3) is 0 Å². The molecule has 92 valence electrons. The standard InChI is InChI=1S/C14H19NO2/c16-10-14(17)15-13(9-11-5-4-6-11)12-7-2-1-3-8-12/h1-3,7-8,11,13,16H,4-6,9-10H2,(H,15,17)/t13-/m1/s1. The Kier molecular flexibility index (Phi) is 4.15. The molecule has 3 nitrogen and oxygen atoms in total. The molecular formula is C14H19NO2. The van der Waals surface area contributed by atoms with Gasteiger partial charge in [0, 0.05) is 0 Å². The summed E-state index contributed by atoms with van der Waals surface area (Å²) in [6.07, 6.45) is 4.81. The largest absolute Gasteiger partial charge is 0.387 e. The van der Waals surface area contributed by atoms with Gasteiger partial charge < -0.3 is 10.4 Å². The first kappa shape index (κ1) is 12.1. The van der Waals surface area contributed by atoms with E-state index in [1.54, 1.807) is 0 Å². The van der Waals surface area contributed by atoms with Gasteiger partial charge in [0.1, 0.15) is 6.61 Å². The number of carbonyl (C=O) groups is 1. The fourth-order valence-electron chi connectivity index (χ4n) is 2.27. The van der Waals surface area contributed by atoms with Crippen LogP contribution in [0.1, 0.15) is 37.3 Å². The molecule has 1 saturated carbocycles. The van der Waals surface area contributed by atoms with Crippen LogP contribution in [0.3, 0.4) is 0 Å². The van der Waals surface area contributed by atoms with Crippen molar-refractivity contribution in [1.29, 1.82) is 0 Å². The average Bonchev–Trinajstić information content (AvgIpc) is 2.33. The third-order valence-electron chi connectivity index (χ3n) is 3.47. The molecule has 0 radical (unpaired) electrons. The van der Waals surface area contributed by atoms with Gasteiger partial charge in [-0.2, -0.15) is 0 Å². The second-order valence-corrected chi connectivity index (χ2v) is 4.72. The molecule has 0 spiro atoms. The quantitative estimate of drug-likeness (QED) is 0.817. The van der Waals surface area contributed by atoms with Gasteiger partial charge in [-0.05, 0) is 17.9 Å². The van der Waals surface area contributed by atoms with Crippen LogP contribution < -0.4 is 5.32 Å². The minimum atomic E-state index is -0.437. The first-order valence-corrected chi connectivity index (χ1v) is 6.24. The number of hydrogen-bond donors (Lipinski definition) is 2. The van der Waals surface area contributed by atoms with E-state index in [0.29, 0.717) is 0 Å². The summed E-state index contributed by atoms with van der Waals surface area (Å²) in [5, 5.41) is 11.7. The zero-order valence-electron chi connectivity index (χ0n) is 9.93. The highest BCUT2D eigenvalue weighted by atomic mass is 16.3. The van der Waals surface area contributed by atoms with Crippen molar-refractivity contribution in [2.24, 2.45) is 5.92 Å². The van der Waals surface area contributed by atoms with Crippen LogP contribution in [0.5, 0.6) is 0 Å². The molecule has 0 bridgehead atoms. The summed E-state index contributed by atoms with van der Waals surface area (Å²) in [7, 11) is 0. The molecule has 0 saturated heterocycles. The van der Waals surface area contributed by atoms with Crippen LogP contribution in [0.25, 0.3) is 0 Å². The van der Waals surface area contributed by atoms with Crippen LogP contribution >= 0.6 is 0 Å². The van der Waals surface area contributed by atoms with E-state index in [9.17, 15) is 4.79 Å². The van der Waals surface area contributed by atoms with Gasteiger partial charge in [0.15, 0.2) is 0 Å². The van der Waals surface area contributed by atoms with E-state index in [1.165, 1.54) is 19.3 Å². The Bertz CT molecular complexity index is 360. The van der Waals surface area contributed by atoms with E-state index in [1.807, 2.05) is 30.3 Å². The van der Waals surface area contributed by atoms with E-state index in [-0.39, 0.29) is 11.9 Å². The average molecular weight is 233 g/mol. The lowest BCUT2D eigenvalue weighted by Crippen LogP contribution is -2.33. The van der Waals surface area contributed by atoms with Crippen molar-refractivity contribution in [1.82, 2.24) is 5.32 Å². The predicted octanol–water partition coefficient (Wildman–Crippen LogP) is 2.03. The Labute approximate surface area is 102 Å². The molecule has 2 rings (SSSR count). The summed E-state index contributed by atoms with van der Waals surface area (Å²) in [4.78, 5) is 11.3. The molecule has 0 aliphatic heterocycles. The minimum Gasteiger partial charge on any atom is -0.387 e. The minimum absolute atomic E-state index is 0.0427. The molecule has 1 aromatic rings. The molecular weight excluding hydrogens is 214 g/mol. The van der Waals surface area contributed by atoms with Crippen LogP contribution in [0.4, 0.5) is 0 Å². The number of aliphatic hydroxyl groups is 1. The Morgan fingerprint density at radius 1 is 1.35 bits per heavy atom. The Hall–Kier alpha value is -1.35. The molecule has 1 fully saturated rings. The van der Waals surface area contributed by atoms with Crippen molar-refractivity contribution in [2.75, 3.05) is 6.61 Å². The molecule has 0 aromatic heterocycles. The first-order chi connectivity index (χ1) is 8.29. The SMILES string of the molecule is O=C(CO)N[C@H](CC1CCC1)c1ccccc1. The molecule has 1 aliphatic rings. The second-order valence-electron chi connectivity index (χ2n) is 4.72. The van der Waals surface area contributed by atoms with Gasteiger partial charge in [-0.15, -0.1) is 0 Å². The van der Waals surface area contributed by atoms with Crippen molar-refractivity contribution >= 4 is 5.91 Å². The number of nitrogens with one attached hydrogen (secondary N) is 1. The zero-order valence-corrected chi connectivity index (χ0v) is 9.93. The van der Waals surface area contributed by atoms with Gasteiger partial charge in [0.05, 0.1) is 6.04 Å². The van der Waals surface area contributed by atoms with Crippen LogP contribution in [0.15, 0.2) is 30.3 Å². The van der Waals surface area contributed by atoms with E-state index >= 15 is 0 Å². The highest BCUT2D eigenvalue weighted by molar-refractivity contribution is 5.77. The molecule has 3 heteroatoms. The third kappa shape index (κ3) is 3.30. The summed E-state index contributed by atoms with van der Waals surface area (Å²) in [6, 6.07) is 10.0. The summed E-state index contributed by atoms with van der Waals surface area (Å²) in [5.74, 6) is 0.428. The second kappa shape index (κ2) is 5.82. The monoisotopic (exact) mass is 233 g/mol. The van der Waals surface area contributed by atoms with Gasteiger partial charge >= 0.3 is 0 Å². The van der Waals surface area contributed by atoms with Crippen molar-refractivity contribution in [3.63, 3.8) is 0 Å². The lowest BCUT2D eigenvalue weighted by molar-refractivity contribution is -0.124. The molecule has 1 amide bonds. The number of aliphatic hydroxyl groups excluding tert-OH is 1. The van der Waals surface area contributed by atoms with Crippen LogP contribution in [-0.2, 0) is 4.79 Å². The highest BCUT2D eigenvalue weighted by Crippen LogP contribution is 2.34. The zero-order chi connectivity index (χ0) is 12.1. The highest BCUT2D eigenvalue weighted by Gasteiger charge is 2.23. The van der Waals surface area contributed by atoms with E-state index in [4.69, 9.17) is 5.11 Å². The summed E-state index contributed by atoms with van der Waals surface area (Å²) < 4.78 is 0. The normalized spacial score (nSPS) is 17.2. The predicted molar refractivity (Wildman–Crippen MR) is 66.4 cm³/mol. The maximum absolute atomic E-state index is 11.3. The van der Waals surface area contributed by atoms with Crippen molar-refractivity contribution in [3.05, 3.63) is 35.9 Å². The van der Waals surface area contributed by atoms with Crippen molar-refractivity contribution < 1.29 is 9.90 Å². The number of hydrogen-bond acceptors (Lipinski definition) is 2. The van der Waals surface area contributed by atoms with Crippen molar-refractivity contribution in [2.45, 2.75) is 31.7 Å². The summed E-state index contributed by atoms with van der Waals surface area (Å²) in [5.41, 5.74) is 1.13. The van der Waals surface area contributed by atoms with Gasteiger partial charge in [0.2, 0.25) is 5.91 Å². The Balaban J connectivity index is 2.03. The molecule has 0 heterocycles. The van der Waals surface area contributed by atoms with Gasteiger partial charge in [-0.1, -0.05) is 49.6 Å². The number of amides is 1. The fourth-order valence-corrected chi connectivity index (χ4v) is 2.27. The summed E-state index contributed by atoms with van der Waals surface area (Å²) in [6.45, 7) is -0.437. The maximum atomic E-state index is 11.3. The third-order valence-corrected chi connectivity index (χ3v) is 3.47. The van der Waals surface area contributed by atoms with Gasteiger partial charge in [-0.3, -0.25) is 4.79 Å². The van der Waals surface area contributed by atoms with E-state index < -0.39 is 6.61 Å². The number of benzene rings is 1. The number of carbonyl (C=O) groups excluding carboxylic acids is 1. The molecule has 1 aliphatic carbocycles. The van der Waals surface area contributed by atoms with E-state index in [0.717, 1.165) is 17.9 Å². The molecule has 2 N–H and O–H groups in total. The molecule has 1 atom stereocenters. The smallest absolute Gasteiger partial charge is 0.246 e. The fraction of sp³-hybridized carbons (Fsp3) is 0.500. The molecule has 17 heavy (non-hydrogen) atoms.